The van der Waals surface area contributed by atoms with E-state index in [0.717, 1.165) is 31.6 Å². The summed E-state index contributed by atoms with van der Waals surface area (Å²) >= 11 is 0. The van der Waals surface area contributed by atoms with Gasteiger partial charge >= 0.3 is 0 Å². The third-order valence-electron chi connectivity index (χ3n) is 2.66. The van der Waals surface area contributed by atoms with Gasteiger partial charge in [-0.05, 0) is 33.5 Å². The number of unbranched alkanes of at least 4 members (excludes halogenated alkanes) is 1. The highest BCUT2D eigenvalue weighted by molar-refractivity contribution is 4.92. The van der Waals surface area contributed by atoms with E-state index in [2.05, 4.69) is 29.1 Å². The van der Waals surface area contributed by atoms with Crippen molar-refractivity contribution >= 4 is 0 Å². The Kier molecular flexibility index (Phi) is 6.10. The fourth-order valence-electron chi connectivity index (χ4n) is 1.75. The van der Waals surface area contributed by atoms with E-state index in [-0.39, 0.29) is 12.6 Å². The van der Waals surface area contributed by atoms with Crippen molar-refractivity contribution in [3.63, 3.8) is 0 Å². The minimum atomic E-state index is -0.0915. The Hall–Kier alpha value is -0.980. The van der Waals surface area contributed by atoms with Gasteiger partial charge in [0.1, 0.15) is 12.2 Å². The molecule has 1 rings (SSSR count). The Balaban J connectivity index is 2.35. The van der Waals surface area contributed by atoms with E-state index < -0.39 is 0 Å². The number of hydrogen-bond donors (Lipinski definition) is 2. The lowest BCUT2D eigenvalue weighted by Gasteiger charge is -2.13. The fourth-order valence-corrected chi connectivity index (χ4v) is 1.75. The van der Waals surface area contributed by atoms with E-state index in [1.165, 1.54) is 6.33 Å². The van der Waals surface area contributed by atoms with E-state index in [1.54, 1.807) is 4.68 Å². The molecule has 0 bridgehead atoms. The van der Waals surface area contributed by atoms with E-state index in [0.29, 0.717) is 6.54 Å². The number of nitrogens with two attached hydrogens (primary N) is 1. The standard InChI is InChI=1S/C11H23N5O/c1-15(2)6-4-3-5-10(12)11-13-9-14-16(11)7-8-17/h9-10,17H,3-8,12H2,1-2H3/t10-/m0/s1. The molecule has 0 aliphatic carbocycles. The molecule has 0 unspecified atom stereocenters. The minimum absolute atomic E-state index is 0.0592. The zero-order valence-corrected chi connectivity index (χ0v) is 10.7. The second-order valence-electron chi connectivity index (χ2n) is 4.47. The van der Waals surface area contributed by atoms with Gasteiger partial charge in [-0.25, -0.2) is 9.67 Å². The predicted octanol–water partition coefficient (Wildman–Crippen LogP) is 0.00210. The van der Waals surface area contributed by atoms with Crippen molar-refractivity contribution in [2.24, 2.45) is 5.73 Å². The second-order valence-corrected chi connectivity index (χ2v) is 4.47. The molecule has 0 fully saturated rings. The van der Waals surface area contributed by atoms with Crippen LogP contribution in [0.1, 0.15) is 31.1 Å². The summed E-state index contributed by atoms with van der Waals surface area (Å²) in [5, 5.41) is 12.9. The Morgan fingerprint density at radius 1 is 1.47 bits per heavy atom. The van der Waals surface area contributed by atoms with Crippen LogP contribution in [-0.2, 0) is 6.54 Å². The highest BCUT2D eigenvalue weighted by Crippen LogP contribution is 2.14. The molecule has 0 aliphatic heterocycles. The van der Waals surface area contributed by atoms with Crippen molar-refractivity contribution in [2.45, 2.75) is 31.8 Å². The van der Waals surface area contributed by atoms with Crippen LogP contribution in [-0.4, -0.2) is 52.0 Å². The second kappa shape index (κ2) is 7.37. The molecule has 1 aromatic rings. The monoisotopic (exact) mass is 241 g/mol. The van der Waals surface area contributed by atoms with Gasteiger partial charge in [0.05, 0.1) is 19.2 Å². The lowest BCUT2D eigenvalue weighted by atomic mass is 10.1. The molecule has 6 heteroatoms. The van der Waals surface area contributed by atoms with Crippen LogP contribution in [0.4, 0.5) is 0 Å². The maximum absolute atomic E-state index is 8.88. The van der Waals surface area contributed by atoms with Crippen LogP contribution < -0.4 is 5.73 Å². The van der Waals surface area contributed by atoms with Gasteiger partial charge in [0, 0.05) is 0 Å². The van der Waals surface area contributed by atoms with Crippen molar-refractivity contribution in [3.05, 3.63) is 12.2 Å². The topological polar surface area (TPSA) is 80.2 Å². The molecule has 0 aliphatic rings. The SMILES string of the molecule is CN(C)CCCC[C@H](N)c1ncnn1CCO. The first-order valence-corrected chi connectivity index (χ1v) is 6.04. The third-order valence-corrected chi connectivity index (χ3v) is 2.66. The summed E-state index contributed by atoms with van der Waals surface area (Å²) < 4.78 is 1.68. The summed E-state index contributed by atoms with van der Waals surface area (Å²) in [6.07, 6.45) is 4.60. The molecule has 98 valence electrons. The van der Waals surface area contributed by atoms with Crippen LogP contribution >= 0.6 is 0 Å². The molecule has 0 radical (unpaired) electrons. The molecule has 0 amide bonds. The molecular weight excluding hydrogens is 218 g/mol. The maximum Gasteiger partial charge on any atom is 0.143 e. The van der Waals surface area contributed by atoms with Gasteiger partial charge in [0.25, 0.3) is 0 Å². The van der Waals surface area contributed by atoms with Gasteiger partial charge in [0.15, 0.2) is 0 Å². The van der Waals surface area contributed by atoms with Crippen LogP contribution in [0.15, 0.2) is 6.33 Å². The average molecular weight is 241 g/mol. The van der Waals surface area contributed by atoms with Gasteiger partial charge in [-0.15, -0.1) is 0 Å². The smallest absolute Gasteiger partial charge is 0.143 e. The number of nitrogens with zero attached hydrogens (tertiary/aromatic N) is 4. The molecular formula is C11H23N5O. The van der Waals surface area contributed by atoms with Crippen molar-refractivity contribution in [2.75, 3.05) is 27.2 Å². The Morgan fingerprint density at radius 2 is 2.24 bits per heavy atom. The Morgan fingerprint density at radius 3 is 2.88 bits per heavy atom. The normalized spacial score (nSPS) is 13.2. The van der Waals surface area contributed by atoms with E-state index in [4.69, 9.17) is 10.8 Å². The van der Waals surface area contributed by atoms with Crippen LogP contribution in [0.25, 0.3) is 0 Å². The highest BCUT2D eigenvalue weighted by atomic mass is 16.3. The lowest BCUT2D eigenvalue weighted by molar-refractivity contribution is 0.265. The van der Waals surface area contributed by atoms with Gasteiger partial charge in [0.2, 0.25) is 0 Å². The Bertz CT molecular complexity index is 313. The molecule has 0 saturated heterocycles. The van der Waals surface area contributed by atoms with Crippen LogP contribution in [0, 0.1) is 0 Å². The number of aliphatic hydroxyl groups is 1. The van der Waals surface area contributed by atoms with Gasteiger partial charge in [-0.3, -0.25) is 0 Å². The third kappa shape index (κ3) is 4.80. The van der Waals surface area contributed by atoms with Crippen LogP contribution in [0.3, 0.4) is 0 Å². The van der Waals surface area contributed by atoms with Crippen LogP contribution in [0.2, 0.25) is 0 Å². The number of hydrogen-bond acceptors (Lipinski definition) is 5. The van der Waals surface area contributed by atoms with Gasteiger partial charge < -0.3 is 15.7 Å². The quantitative estimate of drug-likeness (QED) is 0.626. The molecule has 0 spiro atoms. The summed E-state index contributed by atoms with van der Waals surface area (Å²) in [6.45, 7) is 1.60. The zero-order valence-electron chi connectivity index (χ0n) is 10.7. The fraction of sp³-hybridized carbons (Fsp3) is 0.818. The van der Waals surface area contributed by atoms with Crippen molar-refractivity contribution in [1.82, 2.24) is 19.7 Å². The van der Waals surface area contributed by atoms with Crippen molar-refractivity contribution in [3.8, 4) is 0 Å². The highest BCUT2D eigenvalue weighted by Gasteiger charge is 2.12. The molecule has 6 nitrogen and oxygen atoms in total. The van der Waals surface area contributed by atoms with E-state index in [1.807, 2.05) is 0 Å². The molecule has 1 aromatic heterocycles. The summed E-state index contributed by atoms with van der Waals surface area (Å²) in [5.41, 5.74) is 6.07. The van der Waals surface area contributed by atoms with Gasteiger partial charge in [-0.2, -0.15) is 5.10 Å². The first kappa shape index (κ1) is 14.1. The first-order chi connectivity index (χ1) is 8.15. The zero-order chi connectivity index (χ0) is 12.7. The van der Waals surface area contributed by atoms with E-state index in [9.17, 15) is 0 Å². The lowest BCUT2D eigenvalue weighted by Crippen LogP contribution is -2.19. The molecule has 1 atom stereocenters. The van der Waals surface area contributed by atoms with Crippen molar-refractivity contribution < 1.29 is 5.11 Å². The molecule has 17 heavy (non-hydrogen) atoms. The first-order valence-electron chi connectivity index (χ1n) is 6.04. The maximum atomic E-state index is 8.88. The molecule has 0 saturated carbocycles. The summed E-state index contributed by atoms with van der Waals surface area (Å²) in [7, 11) is 4.13. The Labute approximate surface area is 102 Å². The number of rotatable bonds is 8. The summed E-state index contributed by atoms with van der Waals surface area (Å²) in [4.78, 5) is 6.32. The molecule has 1 heterocycles. The summed E-state index contributed by atoms with van der Waals surface area (Å²) in [5.74, 6) is 0.768. The van der Waals surface area contributed by atoms with Crippen LogP contribution in [0.5, 0.6) is 0 Å². The summed E-state index contributed by atoms with van der Waals surface area (Å²) in [6, 6.07) is -0.0915. The number of aliphatic hydroxyl groups excluding tert-OH is 1. The molecule has 3 N–H and O–H groups in total. The molecule has 0 aromatic carbocycles. The average Bonchev–Trinajstić information content (AvgIpc) is 2.72. The van der Waals surface area contributed by atoms with Crippen molar-refractivity contribution in [1.29, 1.82) is 0 Å². The number of aromatic nitrogens is 3. The van der Waals surface area contributed by atoms with E-state index >= 15 is 0 Å². The van der Waals surface area contributed by atoms with Gasteiger partial charge in [-0.1, -0.05) is 6.42 Å². The minimum Gasteiger partial charge on any atom is -0.394 e. The largest absolute Gasteiger partial charge is 0.394 e. The predicted molar refractivity (Wildman–Crippen MR) is 66.4 cm³/mol.